The number of ether oxygens (including phenoxy) is 3. The first-order chi connectivity index (χ1) is 41.0. The summed E-state index contributed by atoms with van der Waals surface area (Å²) in [7, 11) is 0. The highest BCUT2D eigenvalue weighted by molar-refractivity contribution is 5.71. The second-order valence-electron chi connectivity index (χ2n) is 22.3. The molecule has 6 heteroatoms. The minimum absolute atomic E-state index is 0.0975. The molecule has 0 bridgehead atoms. The fraction of sp³-hybridized carbons (Fsp3) is 0.649. The number of hydrogen-bond acceptors (Lipinski definition) is 6. The van der Waals surface area contributed by atoms with Gasteiger partial charge in [-0.1, -0.05) is 295 Å². The van der Waals surface area contributed by atoms with E-state index in [1.54, 1.807) is 0 Å². The Labute approximate surface area is 512 Å². The van der Waals surface area contributed by atoms with E-state index in [9.17, 15) is 14.4 Å². The van der Waals surface area contributed by atoms with Crippen LogP contribution in [0.25, 0.3) is 0 Å². The molecule has 0 aliphatic carbocycles. The third kappa shape index (κ3) is 68.0. The molecule has 0 amide bonds. The van der Waals surface area contributed by atoms with Crippen molar-refractivity contribution in [2.45, 2.75) is 309 Å². The van der Waals surface area contributed by atoms with E-state index in [-0.39, 0.29) is 31.1 Å². The van der Waals surface area contributed by atoms with E-state index in [0.717, 1.165) is 141 Å². The second kappa shape index (κ2) is 69.8. The van der Waals surface area contributed by atoms with Crippen LogP contribution >= 0.6 is 0 Å². The van der Waals surface area contributed by atoms with Crippen LogP contribution in [0.1, 0.15) is 303 Å². The smallest absolute Gasteiger partial charge is 0.306 e. The number of carbonyl (C=O) groups excluding carboxylic acids is 3. The lowest BCUT2D eigenvalue weighted by Gasteiger charge is -2.18. The predicted octanol–water partition coefficient (Wildman–Crippen LogP) is 23.9. The highest BCUT2D eigenvalue weighted by Crippen LogP contribution is 2.16. The lowest BCUT2D eigenvalue weighted by atomic mass is 10.0. The normalized spacial score (nSPS) is 13.0. The fourth-order valence-electron chi connectivity index (χ4n) is 9.30. The molecule has 6 nitrogen and oxygen atoms in total. The van der Waals surface area contributed by atoms with Gasteiger partial charge in [-0.25, -0.2) is 0 Å². The van der Waals surface area contributed by atoms with Crippen LogP contribution in [-0.2, 0) is 28.6 Å². The van der Waals surface area contributed by atoms with Crippen LogP contribution in [-0.4, -0.2) is 37.2 Å². The van der Waals surface area contributed by atoms with Gasteiger partial charge in [0.1, 0.15) is 13.2 Å². The Balaban J connectivity index is 4.34. The van der Waals surface area contributed by atoms with Crippen LogP contribution in [0.5, 0.6) is 0 Å². The van der Waals surface area contributed by atoms with Crippen molar-refractivity contribution < 1.29 is 28.6 Å². The summed E-state index contributed by atoms with van der Waals surface area (Å²) in [6.45, 7) is 6.28. The van der Waals surface area contributed by atoms with Gasteiger partial charge in [0, 0.05) is 19.3 Å². The first kappa shape index (κ1) is 78.3. The molecule has 0 fully saturated rings. The molecule has 1 unspecified atom stereocenters. The summed E-state index contributed by atoms with van der Waals surface area (Å²) in [5.74, 6) is -0.943. The highest BCUT2D eigenvalue weighted by Gasteiger charge is 2.19. The van der Waals surface area contributed by atoms with Crippen LogP contribution in [0.15, 0.2) is 146 Å². The SMILES string of the molecule is CC/C=C\C/C=C\C/C=C\C/C=C\CCCCCCCCCCCCCCCCCCC(=O)OCC(COC(=O)CCCC/C=C\C/C=C\C/C=C\C/C=C\CC)OC(=O)CCCCCCCCCC/C=C\C/C=C\C/C=C\C/C=C\CC. The van der Waals surface area contributed by atoms with Crippen LogP contribution in [0.2, 0.25) is 0 Å². The Hall–Kier alpha value is -4.71. The molecule has 0 aliphatic rings. The Bertz CT molecular complexity index is 1800. The Morgan fingerprint density at radius 1 is 0.241 bits per heavy atom. The van der Waals surface area contributed by atoms with E-state index in [0.29, 0.717) is 19.3 Å². The molecule has 0 saturated carbocycles. The van der Waals surface area contributed by atoms with Crippen LogP contribution in [0, 0.1) is 0 Å². The zero-order chi connectivity index (χ0) is 59.9. The molecular formula is C77H126O6. The van der Waals surface area contributed by atoms with Crippen LogP contribution in [0.3, 0.4) is 0 Å². The number of hydrogen-bond donors (Lipinski definition) is 0. The summed E-state index contributed by atoms with van der Waals surface area (Å²) >= 11 is 0. The summed E-state index contributed by atoms with van der Waals surface area (Å²) in [6.07, 6.45) is 100. The molecule has 0 heterocycles. The highest BCUT2D eigenvalue weighted by atomic mass is 16.6. The van der Waals surface area contributed by atoms with Crippen molar-refractivity contribution in [1.29, 1.82) is 0 Å². The van der Waals surface area contributed by atoms with Gasteiger partial charge in [-0.15, -0.1) is 0 Å². The number of allylic oxidation sites excluding steroid dienone is 24. The molecule has 0 aromatic heterocycles. The van der Waals surface area contributed by atoms with E-state index in [1.165, 1.54) is 122 Å². The number of unbranched alkanes of at least 4 members (excludes halogenated alkanes) is 26. The molecule has 0 N–H and O–H groups in total. The number of esters is 3. The first-order valence-corrected chi connectivity index (χ1v) is 34.3. The predicted molar refractivity (Wildman–Crippen MR) is 362 cm³/mol. The summed E-state index contributed by atoms with van der Waals surface area (Å²) in [5.41, 5.74) is 0. The molecule has 83 heavy (non-hydrogen) atoms. The maximum Gasteiger partial charge on any atom is 0.306 e. The third-order valence-corrected chi connectivity index (χ3v) is 14.3. The molecule has 1 atom stereocenters. The lowest BCUT2D eigenvalue weighted by molar-refractivity contribution is -0.167. The van der Waals surface area contributed by atoms with Crippen molar-refractivity contribution in [3.05, 3.63) is 146 Å². The largest absolute Gasteiger partial charge is 0.462 e. The van der Waals surface area contributed by atoms with E-state index in [4.69, 9.17) is 14.2 Å². The van der Waals surface area contributed by atoms with Gasteiger partial charge in [-0.05, 0) is 135 Å². The topological polar surface area (TPSA) is 78.9 Å². The molecule has 0 radical (unpaired) electrons. The Morgan fingerprint density at radius 2 is 0.434 bits per heavy atom. The molecule has 0 aliphatic heterocycles. The quantitative estimate of drug-likeness (QED) is 0.0261. The molecule has 0 aromatic carbocycles. The summed E-state index contributed by atoms with van der Waals surface area (Å²) < 4.78 is 16.9. The fourth-order valence-corrected chi connectivity index (χ4v) is 9.30. The van der Waals surface area contributed by atoms with Crippen LogP contribution < -0.4 is 0 Å². The molecular weight excluding hydrogens is 1020 g/mol. The Kier molecular flexibility index (Phi) is 65.8. The van der Waals surface area contributed by atoms with Gasteiger partial charge in [-0.3, -0.25) is 14.4 Å². The summed E-state index contributed by atoms with van der Waals surface area (Å²) in [6, 6.07) is 0. The Morgan fingerprint density at radius 3 is 0.699 bits per heavy atom. The molecule has 0 spiro atoms. The van der Waals surface area contributed by atoms with Gasteiger partial charge >= 0.3 is 17.9 Å². The van der Waals surface area contributed by atoms with E-state index in [2.05, 4.69) is 167 Å². The standard InChI is InChI=1S/C77H126O6/c1-4-7-10-13-16-19-22-25-28-30-32-34-35-36-37-38-39-40-41-43-44-46-49-52-55-58-61-64-67-70-76(79)82-73-74(72-81-75(78)69-66-63-60-57-54-51-48-27-24-21-18-15-12-9-6-3)83-77(80)71-68-65-62-59-56-53-50-47-45-42-33-31-29-26-23-20-17-14-11-8-5-2/h7-12,16-21,25-29,32-34,42,48,54,57,74H,4-6,13-15,22-24,30-31,35-41,43-47,49-53,55-56,58-73H2,1-3H3/b10-7-,11-8-,12-9-,19-16-,20-17-,21-18-,28-25-,29-26-,34-32-,42-33-,48-27-,57-54-. The molecule has 0 saturated heterocycles. The van der Waals surface area contributed by atoms with Crippen molar-refractivity contribution >= 4 is 17.9 Å². The van der Waals surface area contributed by atoms with Crippen molar-refractivity contribution in [2.75, 3.05) is 13.2 Å². The zero-order valence-corrected chi connectivity index (χ0v) is 53.9. The minimum Gasteiger partial charge on any atom is -0.462 e. The number of rotatable bonds is 61. The van der Waals surface area contributed by atoms with Crippen molar-refractivity contribution in [2.24, 2.45) is 0 Å². The molecule has 0 rings (SSSR count). The minimum atomic E-state index is -0.806. The lowest BCUT2D eigenvalue weighted by Crippen LogP contribution is -2.30. The van der Waals surface area contributed by atoms with E-state index < -0.39 is 6.10 Å². The average molecular weight is 1150 g/mol. The summed E-state index contributed by atoms with van der Waals surface area (Å²) in [4.78, 5) is 38.4. The maximum atomic E-state index is 12.9. The van der Waals surface area contributed by atoms with E-state index in [1.807, 2.05) is 0 Å². The zero-order valence-electron chi connectivity index (χ0n) is 53.9. The average Bonchev–Trinajstić information content (AvgIpc) is 3.49. The molecule has 0 aromatic rings. The van der Waals surface area contributed by atoms with Crippen LogP contribution in [0.4, 0.5) is 0 Å². The van der Waals surface area contributed by atoms with Crippen molar-refractivity contribution in [3.8, 4) is 0 Å². The second-order valence-corrected chi connectivity index (χ2v) is 22.3. The van der Waals surface area contributed by atoms with Crippen molar-refractivity contribution in [3.63, 3.8) is 0 Å². The maximum absolute atomic E-state index is 12.9. The van der Waals surface area contributed by atoms with Crippen molar-refractivity contribution in [1.82, 2.24) is 0 Å². The van der Waals surface area contributed by atoms with Gasteiger partial charge < -0.3 is 14.2 Å². The van der Waals surface area contributed by atoms with Gasteiger partial charge in [0.25, 0.3) is 0 Å². The van der Waals surface area contributed by atoms with Gasteiger partial charge in [0.15, 0.2) is 6.10 Å². The molecule has 470 valence electrons. The monoisotopic (exact) mass is 1150 g/mol. The summed E-state index contributed by atoms with van der Waals surface area (Å²) in [5, 5.41) is 0. The first-order valence-electron chi connectivity index (χ1n) is 34.3. The van der Waals surface area contributed by atoms with Gasteiger partial charge in [-0.2, -0.15) is 0 Å². The third-order valence-electron chi connectivity index (χ3n) is 14.3. The van der Waals surface area contributed by atoms with Gasteiger partial charge in [0.05, 0.1) is 0 Å². The van der Waals surface area contributed by atoms with Gasteiger partial charge in [0.2, 0.25) is 0 Å². The van der Waals surface area contributed by atoms with E-state index >= 15 is 0 Å². The number of carbonyl (C=O) groups is 3.